The van der Waals surface area contributed by atoms with Crippen LogP contribution in [0.3, 0.4) is 0 Å². The second kappa shape index (κ2) is 10.3. The van der Waals surface area contributed by atoms with Crippen molar-refractivity contribution in [3.63, 3.8) is 0 Å². The molecule has 0 aliphatic carbocycles. The number of rotatable bonds is 7. The lowest BCUT2D eigenvalue weighted by Crippen LogP contribution is -2.45. The van der Waals surface area contributed by atoms with Crippen LogP contribution in [0.5, 0.6) is 5.75 Å². The average molecular weight is 495 g/mol. The van der Waals surface area contributed by atoms with Crippen LogP contribution in [0.2, 0.25) is 0 Å². The number of nitrogens with zero attached hydrogens (tertiary/aromatic N) is 3. The third kappa shape index (κ3) is 4.98. The van der Waals surface area contributed by atoms with Gasteiger partial charge in [-0.25, -0.2) is 4.79 Å². The molecule has 0 spiro atoms. The summed E-state index contributed by atoms with van der Waals surface area (Å²) in [5.41, 5.74) is 6.74. The molecule has 0 saturated heterocycles. The maximum Gasteiger partial charge on any atom is 0.322 e. The summed E-state index contributed by atoms with van der Waals surface area (Å²) in [4.78, 5) is 19.8. The lowest BCUT2D eigenvalue weighted by molar-refractivity contribution is 0.203. The van der Waals surface area contributed by atoms with Crippen LogP contribution >= 0.6 is 0 Å². The van der Waals surface area contributed by atoms with Crippen LogP contribution in [0.25, 0.3) is 17.0 Å². The molecule has 1 aliphatic heterocycles. The fourth-order valence-corrected chi connectivity index (χ4v) is 4.51. The molecule has 1 atom stereocenters. The fourth-order valence-electron chi connectivity index (χ4n) is 4.51. The number of benzene rings is 3. The van der Waals surface area contributed by atoms with E-state index in [1.165, 1.54) is 5.56 Å². The second-order valence-electron chi connectivity index (χ2n) is 9.20. The van der Waals surface area contributed by atoms with Crippen LogP contribution in [-0.2, 0) is 13.0 Å². The zero-order valence-electron chi connectivity index (χ0n) is 21.5. The number of nitrogens with one attached hydrogen (secondary N) is 1. The van der Waals surface area contributed by atoms with Gasteiger partial charge in [0, 0.05) is 11.3 Å². The Morgan fingerprint density at radius 3 is 2.27 bits per heavy atom. The molecule has 188 valence electrons. The van der Waals surface area contributed by atoms with Gasteiger partial charge in [0.1, 0.15) is 5.75 Å². The molecule has 1 N–H and O–H groups in total. The van der Waals surface area contributed by atoms with Crippen LogP contribution in [0.1, 0.15) is 48.0 Å². The van der Waals surface area contributed by atoms with Gasteiger partial charge in [0.25, 0.3) is 5.89 Å². The Balaban J connectivity index is 1.56. The standard InChI is InChI=1S/C30H30N4O3/c1-5-21-8-14-23(15-9-21)27-26(29-32-28(33-37-29)24-12-6-19(2)7-13-24)20(3)34(30(35)31-27)18-22-10-16-25(36-4)17-11-22/h6-17,27H,5,18H2,1-4H3,(H,31,35). The molecule has 3 aromatic carbocycles. The number of methoxy groups -OCH3 is 1. The van der Waals surface area contributed by atoms with Gasteiger partial charge in [-0.3, -0.25) is 4.90 Å². The van der Waals surface area contributed by atoms with E-state index in [-0.39, 0.29) is 6.03 Å². The summed E-state index contributed by atoms with van der Waals surface area (Å²) in [7, 11) is 1.63. The Morgan fingerprint density at radius 2 is 1.62 bits per heavy atom. The molecule has 7 nitrogen and oxygen atoms in total. The molecular formula is C30H30N4O3. The SMILES string of the molecule is CCc1ccc(C2NC(=O)N(Cc3ccc(OC)cc3)C(C)=C2c2nc(-c3ccc(C)cc3)no2)cc1. The van der Waals surface area contributed by atoms with Crippen LogP contribution in [0.4, 0.5) is 4.79 Å². The first-order valence-corrected chi connectivity index (χ1v) is 12.4. The van der Waals surface area contributed by atoms with Crippen molar-refractivity contribution in [1.29, 1.82) is 0 Å². The van der Waals surface area contributed by atoms with Gasteiger partial charge in [0.2, 0.25) is 5.82 Å². The summed E-state index contributed by atoms with van der Waals surface area (Å²) < 4.78 is 11.1. The van der Waals surface area contributed by atoms with Crippen molar-refractivity contribution in [2.45, 2.75) is 39.8 Å². The molecule has 0 bridgehead atoms. The molecule has 5 rings (SSSR count). The third-order valence-corrected chi connectivity index (χ3v) is 6.78. The molecule has 0 saturated carbocycles. The summed E-state index contributed by atoms with van der Waals surface area (Å²) in [5, 5.41) is 7.44. The summed E-state index contributed by atoms with van der Waals surface area (Å²) in [6.07, 6.45) is 0.943. The molecule has 1 unspecified atom stereocenters. The number of allylic oxidation sites excluding steroid dienone is 1. The number of amides is 2. The Kier molecular flexibility index (Phi) is 6.77. The van der Waals surface area contributed by atoms with E-state index in [1.54, 1.807) is 12.0 Å². The molecule has 2 heterocycles. The molecule has 0 fully saturated rings. The summed E-state index contributed by atoms with van der Waals surface area (Å²) >= 11 is 0. The Hall–Kier alpha value is -4.39. The van der Waals surface area contributed by atoms with Gasteiger partial charge >= 0.3 is 6.03 Å². The van der Waals surface area contributed by atoms with E-state index >= 15 is 0 Å². The maximum atomic E-state index is 13.4. The fraction of sp³-hybridized carbons (Fsp3) is 0.233. The highest BCUT2D eigenvalue weighted by Crippen LogP contribution is 2.38. The first-order valence-electron chi connectivity index (χ1n) is 12.4. The molecule has 7 heteroatoms. The number of ether oxygens (including phenoxy) is 1. The maximum absolute atomic E-state index is 13.4. The zero-order chi connectivity index (χ0) is 25.9. The van der Waals surface area contributed by atoms with Gasteiger partial charge in [0.05, 0.1) is 25.3 Å². The number of carbonyl (C=O) groups is 1. The summed E-state index contributed by atoms with van der Waals surface area (Å²) in [6.45, 7) is 6.48. The summed E-state index contributed by atoms with van der Waals surface area (Å²) in [5.74, 6) is 1.66. The monoisotopic (exact) mass is 494 g/mol. The molecular weight excluding hydrogens is 464 g/mol. The minimum Gasteiger partial charge on any atom is -0.497 e. The molecule has 37 heavy (non-hydrogen) atoms. The molecule has 1 aliphatic rings. The van der Waals surface area contributed by atoms with Gasteiger partial charge < -0.3 is 14.6 Å². The molecule has 0 radical (unpaired) electrons. The van der Waals surface area contributed by atoms with Gasteiger partial charge in [-0.1, -0.05) is 78.3 Å². The van der Waals surface area contributed by atoms with Crippen molar-refractivity contribution in [2.75, 3.05) is 7.11 Å². The van der Waals surface area contributed by atoms with Crippen molar-refractivity contribution in [1.82, 2.24) is 20.4 Å². The van der Waals surface area contributed by atoms with E-state index in [0.29, 0.717) is 18.3 Å². The quantitative estimate of drug-likeness (QED) is 0.325. The van der Waals surface area contributed by atoms with Crippen LogP contribution in [-0.4, -0.2) is 28.2 Å². The van der Waals surface area contributed by atoms with E-state index < -0.39 is 6.04 Å². The number of hydrogen-bond acceptors (Lipinski definition) is 5. The Morgan fingerprint density at radius 1 is 0.946 bits per heavy atom. The van der Waals surface area contributed by atoms with E-state index in [0.717, 1.165) is 45.7 Å². The molecule has 2 amide bonds. The van der Waals surface area contributed by atoms with Crippen molar-refractivity contribution in [3.05, 3.63) is 107 Å². The normalized spacial score (nSPS) is 15.6. The number of hydrogen-bond donors (Lipinski definition) is 1. The topological polar surface area (TPSA) is 80.5 Å². The Bertz CT molecular complexity index is 1420. The highest BCUT2D eigenvalue weighted by molar-refractivity contribution is 5.86. The van der Waals surface area contributed by atoms with Crippen molar-refractivity contribution in [3.8, 4) is 17.1 Å². The van der Waals surface area contributed by atoms with Crippen LogP contribution in [0, 0.1) is 6.92 Å². The van der Waals surface area contributed by atoms with E-state index in [2.05, 4.69) is 29.5 Å². The van der Waals surface area contributed by atoms with Gasteiger partial charge in [-0.2, -0.15) is 4.98 Å². The van der Waals surface area contributed by atoms with Crippen LogP contribution < -0.4 is 10.1 Å². The zero-order valence-corrected chi connectivity index (χ0v) is 21.5. The third-order valence-electron chi connectivity index (χ3n) is 6.78. The van der Waals surface area contributed by atoms with Gasteiger partial charge in [-0.05, 0) is 49.1 Å². The minimum absolute atomic E-state index is 0.181. The predicted octanol–water partition coefficient (Wildman–Crippen LogP) is 6.31. The highest BCUT2D eigenvalue weighted by atomic mass is 16.5. The second-order valence-corrected chi connectivity index (χ2v) is 9.20. The molecule has 1 aromatic heterocycles. The first-order chi connectivity index (χ1) is 18.0. The van der Waals surface area contributed by atoms with Gasteiger partial charge in [-0.15, -0.1) is 0 Å². The van der Waals surface area contributed by atoms with E-state index in [1.807, 2.05) is 74.5 Å². The first kappa shape index (κ1) is 24.3. The smallest absolute Gasteiger partial charge is 0.322 e. The van der Waals surface area contributed by atoms with E-state index in [4.69, 9.17) is 14.2 Å². The lowest BCUT2D eigenvalue weighted by atomic mass is 9.93. The van der Waals surface area contributed by atoms with Crippen LogP contribution in [0.15, 0.2) is 83.0 Å². The highest BCUT2D eigenvalue weighted by Gasteiger charge is 2.35. The van der Waals surface area contributed by atoms with E-state index in [9.17, 15) is 4.79 Å². The number of aryl methyl sites for hydroxylation is 2. The minimum atomic E-state index is -0.420. The largest absolute Gasteiger partial charge is 0.497 e. The predicted molar refractivity (Wildman–Crippen MR) is 143 cm³/mol. The van der Waals surface area contributed by atoms with Crippen molar-refractivity contribution < 1.29 is 14.1 Å². The number of carbonyl (C=O) groups excluding carboxylic acids is 1. The van der Waals surface area contributed by atoms with Crippen molar-refractivity contribution >= 4 is 11.6 Å². The average Bonchev–Trinajstić information content (AvgIpc) is 3.41. The number of aromatic nitrogens is 2. The van der Waals surface area contributed by atoms with Crippen molar-refractivity contribution in [2.24, 2.45) is 0 Å². The number of urea groups is 1. The Labute approximate surface area is 216 Å². The summed E-state index contributed by atoms with van der Waals surface area (Å²) in [6, 6.07) is 23.4. The lowest BCUT2D eigenvalue weighted by Gasteiger charge is -2.35. The molecule has 4 aromatic rings. The van der Waals surface area contributed by atoms with Gasteiger partial charge in [0.15, 0.2) is 0 Å².